The number of hydrogen-bond donors (Lipinski definition) is 0. The molecule has 10 nitrogen and oxygen atoms in total. The molecule has 48 heavy (non-hydrogen) atoms. The Labute approximate surface area is 282 Å². The van der Waals surface area contributed by atoms with Crippen LogP contribution >= 0.6 is 0 Å². The summed E-state index contributed by atoms with van der Waals surface area (Å²) in [7, 11) is 6.45. The Hall–Kier alpha value is -5.06. The summed E-state index contributed by atoms with van der Waals surface area (Å²) in [6.45, 7) is 4.13. The molecule has 0 aliphatic rings. The molecule has 4 rings (SSSR count). The fourth-order valence-corrected chi connectivity index (χ4v) is 4.96. The summed E-state index contributed by atoms with van der Waals surface area (Å²) < 4.78 is 32.3. The predicted octanol–water partition coefficient (Wildman–Crippen LogP) is 5.74. The van der Waals surface area contributed by atoms with Gasteiger partial charge in [-0.05, 0) is 83.9 Å². The molecule has 0 N–H and O–H groups in total. The SMILES string of the molecule is COc1ccc(CN(CCOC(=O)c2ccc(OC)cc2)CCN(CCOC(=O)c2ccc(OC)cc2)Cc2ccc(OC)cc2)cc1. The van der Waals surface area contributed by atoms with E-state index in [1.54, 1.807) is 77.0 Å². The molecular formula is C38H44N2O8. The Morgan fingerprint density at radius 3 is 1.02 bits per heavy atom. The third-order valence-corrected chi connectivity index (χ3v) is 7.80. The number of esters is 2. The molecule has 0 fully saturated rings. The molecule has 4 aromatic carbocycles. The largest absolute Gasteiger partial charge is 0.497 e. The van der Waals surface area contributed by atoms with Gasteiger partial charge in [0.25, 0.3) is 0 Å². The molecule has 0 saturated carbocycles. The molecule has 0 amide bonds. The number of carbonyl (C=O) groups is 2. The van der Waals surface area contributed by atoms with Gasteiger partial charge in [0.15, 0.2) is 0 Å². The maximum atomic E-state index is 12.7. The van der Waals surface area contributed by atoms with E-state index < -0.39 is 0 Å². The van der Waals surface area contributed by atoms with E-state index in [0.29, 0.717) is 61.9 Å². The topological polar surface area (TPSA) is 96.0 Å². The van der Waals surface area contributed by atoms with Gasteiger partial charge in [0.2, 0.25) is 0 Å². The second kappa shape index (κ2) is 18.9. The Kier molecular flexibility index (Phi) is 14.1. The van der Waals surface area contributed by atoms with Crippen molar-refractivity contribution in [2.75, 3.05) is 67.8 Å². The van der Waals surface area contributed by atoms with Crippen LogP contribution in [0.15, 0.2) is 97.1 Å². The van der Waals surface area contributed by atoms with E-state index in [2.05, 4.69) is 9.80 Å². The molecule has 10 heteroatoms. The van der Waals surface area contributed by atoms with Crippen molar-refractivity contribution in [3.05, 3.63) is 119 Å². The second-order valence-corrected chi connectivity index (χ2v) is 11.0. The van der Waals surface area contributed by atoms with E-state index in [9.17, 15) is 9.59 Å². The summed E-state index contributed by atoms with van der Waals surface area (Å²) in [5, 5.41) is 0. The summed E-state index contributed by atoms with van der Waals surface area (Å²) in [5.74, 6) is 2.14. The van der Waals surface area contributed by atoms with Gasteiger partial charge in [-0.1, -0.05) is 24.3 Å². The molecule has 0 aliphatic heterocycles. The van der Waals surface area contributed by atoms with Gasteiger partial charge >= 0.3 is 11.9 Å². The van der Waals surface area contributed by atoms with E-state index in [4.69, 9.17) is 28.4 Å². The fourth-order valence-electron chi connectivity index (χ4n) is 4.96. The summed E-state index contributed by atoms with van der Waals surface area (Å²) in [5.41, 5.74) is 3.14. The van der Waals surface area contributed by atoms with Crippen LogP contribution < -0.4 is 18.9 Å². The van der Waals surface area contributed by atoms with Crippen molar-refractivity contribution in [2.24, 2.45) is 0 Å². The molecule has 0 bridgehead atoms. The molecular weight excluding hydrogens is 612 g/mol. The zero-order valence-corrected chi connectivity index (χ0v) is 28.1. The fraction of sp³-hybridized carbons (Fsp3) is 0.316. The van der Waals surface area contributed by atoms with Crippen LogP contribution in [0.3, 0.4) is 0 Å². The minimum absolute atomic E-state index is 0.221. The maximum absolute atomic E-state index is 12.7. The predicted molar refractivity (Wildman–Crippen MR) is 183 cm³/mol. The van der Waals surface area contributed by atoms with Gasteiger partial charge in [-0.2, -0.15) is 0 Å². The lowest BCUT2D eigenvalue weighted by Crippen LogP contribution is -2.38. The van der Waals surface area contributed by atoms with Gasteiger partial charge in [-0.15, -0.1) is 0 Å². The van der Waals surface area contributed by atoms with E-state index in [0.717, 1.165) is 22.6 Å². The molecule has 0 aromatic heterocycles. The highest BCUT2D eigenvalue weighted by Crippen LogP contribution is 2.17. The minimum Gasteiger partial charge on any atom is -0.497 e. The van der Waals surface area contributed by atoms with Gasteiger partial charge in [-0.3, -0.25) is 9.80 Å². The highest BCUT2D eigenvalue weighted by molar-refractivity contribution is 5.90. The van der Waals surface area contributed by atoms with Crippen LogP contribution in [0.1, 0.15) is 31.8 Å². The van der Waals surface area contributed by atoms with E-state index in [1.807, 2.05) is 48.5 Å². The molecule has 0 aliphatic carbocycles. The Morgan fingerprint density at radius 1 is 0.438 bits per heavy atom. The highest BCUT2D eigenvalue weighted by atomic mass is 16.5. The molecule has 0 saturated heterocycles. The molecule has 0 unspecified atom stereocenters. The van der Waals surface area contributed by atoms with Gasteiger partial charge in [0.1, 0.15) is 36.2 Å². The average Bonchev–Trinajstić information content (AvgIpc) is 3.14. The molecule has 0 radical (unpaired) electrons. The number of hydrogen-bond acceptors (Lipinski definition) is 10. The van der Waals surface area contributed by atoms with Gasteiger partial charge < -0.3 is 28.4 Å². The average molecular weight is 657 g/mol. The summed E-state index contributed by atoms with van der Waals surface area (Å²) in [4.78, 5) is 29.9. The smallest absolute Gasteiger partial charge is 0.338 e. The van der Waals surface area contributed by atoms with Crippen molar-refractivity contribution in [3.63, 3.8) is 0 Å². The van der Waals surface area contributed by atoms with Crippen LogP contribution in [-0.2, 0) is 22.6 Å². The molecule has 0 atom stereocenters. The second-order valence-electron chi connectivity index (χ2n) is 11.0. The quantitative estimate of drug-likeness (QED) is 0.116. The monoisotopic (exact) mass is 656 g/mol. The van der Waals surface area contributed by atoms with Gasteiger partial charge in [-0.25, -0.2) is 9.59 Å². The van der Waals surface area contributed by atoms with Crippen molar-refractivity contribution in [3.8, 4) is 23.0 Å². The van der Waals surface area contributed by atoms with E-state index >= 15 is 0 Å². The molecule has 0 spiro atoms. The van der Waals surface area contributed by atoms with Crippen molar-refractivity contribution < 1.29 is 38.0 Å². The Morgan fingerprint density at radius 2 is 0.729 bits per heavy atom. The van der Waals surface area contributed by atoms with Crippen molar-refractivity contribution in [1.82, 2.24) is 9.80 Å². The lowest BCUT2D eigenvalue weighted by atomic mass is 10.2. The molecule has 4 aromatic rings. The first-order valence-corrected chi connectivity index (χ1v) is 15.7. The number of rotatable bonds is 19. The summed E-state index contributed by atoms with van der Waals surface area (Å²) in [6, 6.07) is 29.6. The van der Waals surface area contributed by atoms with Crippen molar-refractivity contribution in [1.29, 1.82) is 0 Å². The Bertz CT molecular complexity index is 1420. The normalized spacial score (nSPS) is 10.9. The first-order valence-electron chi connectivity index (χ1n) is 15.7. The highest BCUT2D eigenvalue weighted by Gasteiger charge is 2.15. The summed E-state index contributed by atoms with van der Waals surface area (Å²) in [6.07, 6.45) is 0. The maximum Gasteiger partial charge on any atom is 0.338 e. The van der Waals surface area contributed by atoms with E-state index in [-0.39, 0.29) is 25.2 Å². The van der Waals surface area contributed by atoms with Crippen molar-refractivity contribution in [2.45, 2.75) is 13.1 Å². The van der Waals surface area contributed by atoms with Crippen LogP contribution in [0.5, 0.6) is 23.0 Å². The third-order valence-electron chi connectivity index (χ3n) is 7.80. The van der Waals surface area contributed by atoms with Crippen LogP contribution in [-0.4, -0.2) is 89.6 Å². The number of methoxy groups -OCH3 is 4. The first kappa shape index (κ1) is 35.8. The lowest BCUT2D eigenvalue weighted by Gasteiger charge is -2.28. The van der Waals surface area contributed by atoms with E-state index in [1.165, 1.54) is 0 Å². The zero-order valence-electron chi connectivity index (χ0n) is 28.1. The standard InChI is InChI=1S/C38H44N2O8/c1-43-33-13-5-29(6-14-33)27-39(23-25-47-37(41)31-9-17-35(45-3)18-10-31)21-22-40(28-30-7-15-34(44-2)16-8-30)24-26-48-38(42)32-11-19-36(46-4)20-12-32/h5-20H,21-28H2,1-4H3. The van der Waals surface area contributed by atoms with Crippen LogP contribution in [0.25, 0.3) is 0 Å². The number of benzene rings is 4. The zero-order chi connectivity index (χ0) is 34.1. The van der Waals surface area contributed by atoms with Crippen molar-refractivity contribution >= 4 is 11.9 Å². The Balaban J connectivity index is 1.41. The number of ether oxygens (including phenoxy) is 6. The third kappa shape index (κ3) is 11.3. The van der Waals surface area contributed by atoms with Crippen LogP contribution in [0.4, 0.5) is 0 Å². The molecule has 0 heterocycles. The van der Waals surface area contributed by atoms with Gasteiger partial charge in [0.05, 0.1) is 39.6 Å². The lowest BCUT2D eigenvalue weighted by molar-refractivity contribution is 0.0413. The van der Waals surface area contributed by atoms with Gasteiger partial charge in [0, 0.05) is 39.3 Å². The van der Waals surface area contributed by atoms with Crippen LogP contribution in [0, 0.1) is 0 Å². The summed E-state index contributed by atoms with van der Waals surface area (Å²) >= 11 is 0. The number of carbonyl (C=O) groups excluding carboxylic acids is 2. The first-order chi connectivity index (χ1) is 23.4. The minimum atomic E-state index is -0.387. The van der Waals surface area contributed by atoms with Crippen LogP contribution in [0.2, 0.25) is 0 Å². The number of nitrogens with zero attached hydrogens (tertiary/aromatic N) is 2. The molecule has 254 valence electrons.